The first-order valence-electron chi connectivity index (χ1n) is 4.92. The van der Waals surface area contributed by atoms with Gasteiger partial charge in [0.25, 0.3) is 0 Å². The van der Waals surface area contributed by atoms with Crippen molar-refractivity contribution in [2.24, 2.45) is 7.05 Å². The van der Waals surface area contributed by atoms with Crippen molar-refractivity contribution < 1.29 is 0 Å². The van der Waals surface area contributed by atoms with Gasteiger partial charge in [-0.15, -0.1) is 5.10 Å². The van der Waals surface area contributed by atoms with E-state index in [4.69, 9.17) is 5.26 Å². The fourth-order valence-corrected chi connectivity index (χ4v) is 2.25. The predicted molar refractivity (Wildman–Crippen MR) is 63.8 cm³/mol. The number of hydrogen-bond acceptors (Lipinski definition) is 4. The first kappa shape index (κ1) is 11.5. The minimum absolute atomic E-state index is 0.238. The third kappa shape index (κ3) is 2.24. The minimum atomic E-state index is -0.238. The first-order chi connectivity index (χ1) is 8.11. The van der Waals surface area contributed by atoms with Crippen LogP contribution in [-0.2, 0) is 7.05 Å². The molecule has 0 saturated heterocycles. The van der Waals surface area contributed by atoms with Crippen molar-refractivity contribution in [1.29, 1.82) is 5.26 Å². The molecule has 0 atom stereocenters. The highest BCUT2D eigenvalue weighted by Crippen LogP contribution is 2.26. The Morgan fingerprint density at radius 1 is 1.53 bits per heavy atom. The summed E-state index contributed by atoms with van der Waals surface area (Å²) >= 11 is 1.38. The lowest BCUT2D eigenvalue weighted by molar-refractivity contribution is 0.766. The van der Waals surface area contributed by atoms with E-state index in [1.54, 1.807) is 13.1 Å². The van der Waals surface area contributed by atoms with Crippen LogP contribution in [0.1, 0.15) is 11.1 Å². The number of aromatic nitrogens is 3. The van der Waals surface area contributed by atoms with Gasteiger partial charge in [-0.3, -0.25) is 4.57 Å². The number of aromatic amines is 1. The van der Waals surface area contributed by atoms with Gasteiger partial charge in [0.1, 0.15) is 0 Å². The molecule has 0 fully saturated rings. The van der Waals surface area contributed by atoms with Crippen LogP contribution in [0.5, 0.6) is 0 Å². The maximum absolute atomic E-state index is 11.2. The van der Waals surface area contributed by atoms with Gasteiger partial charge in [-0.25, -0.2) is 9.89 Å². The van der Waals surface area contributed by atoms with Crippen LogP contribution in [-0.4, -0.2) is 14.8 Å². The number of rotatable bonds is 2. The normalized spacial score (nSPS) is 10.2. The molecule has 2 aromatic rings. The summed E-state index contributed by atoms with van der Waals surface area (Å²) in [5.74, 6) is 0. The zero-order valence-corrected chi connectivity index (χ0v) is 10.2. The Morgan fingerprint density at radius 2 is 2.29 bits per heavy atom. The topological polar surface area (TPSA) is 74.5 Å². The van der Waals surface area contributed by atoms with Crippen LogP contribution in [0.3, 0.4) is 0 Å². The zero-order valence-electron chi connectivity index (χ0n) is 9.39. The summed E-state index contributed by atoms with van der Waals surface area (Å²) in [5, 5.41) is 15.7. The quantitative estimate of drug-likeness (QED) is 0.870. The molecule has 5 nitrogen and oxygen atoms in total. The molecule has 0 spiro atoms. The van der Waals surface area contributed by atoms with Crippen LogP contribution < -0.4 is 5.69 Å². The maximum Gasteiger partial charge on any atom is 0.343 e. The van der Waals surface area contributed by atoms with Crippen LogP contribution in [0, 0.1) is 18.3 Å². The number of nitrogens with zero attached hydrogens (tertiary/aromatic N) is 3. The van der Waals surface area contributed by atoms with Gasteiger partial charge in [0, 0.05) is 11.9 Å². The van der Waals surface area contributed by atoms with Crippen molar-refractivity contribution in [3.8, 4) is 6.07 Å². The van der Waals surface area contributed by atoms with E-state index in [1.165, 1.54) is 16.3 Å². The van der Waals surface area contributed by atoms with Crippen molar-refractivity contribution in [2.75, 3.05) is 0 Å². The van der Waals surface area contributed by atoms with Gasteiger partial charge in [0.2, 0.25) is 0 Å². The molecule has 0 unspecified atom stereocenters. The summed E-state index contributed by atoms with van der Waals surface area (Å²) < 4.78 is 1.44. The summed E-state index contributed by atoms with van der Waals surface area (Å²) in [6.07, 6.45) is 0. The largest absolute Gasteiger partial charge is 0.343 e. The predicted octanol–water partition coefficient (Wildman–Crippen LogP) is 1.44. The molecule has 0 aliphatic heterocycles. The smallest absolute Gasteiger partial charge is 0.273 e. The highest BCUT2D eigenvalue weighted by atomic mass is 32.2. The molecule has 1 aromatic heterocycles. The first-order valence-corrected chi connectivity index (χ1v) is 5.73. The van der Waals surface area contributed by atoms with E-state index in [9.17, 15) is 4.79 Å². The Hall–Kier alpha value is -2.00. The number of hydrogen-bond donors (Lipinski definition) is 1. The van der Waals surface area contributed by atoms with E-state index < -0.39 is 0 Å². The molecule has 0 radical (unpaired) electrons. The molecular formula is C11H10N4OS. The molecule has 0 aliphatic carbocycles. The third-order valence-electron chi connectivity index (χ3n) is 2.37. The van der Waals surface area contributed by atoms with Crippen LogP contribution >= 0.6 is 11.8 Å². The molecule has 0 aliphatic rings. The second-order valence-corrected chi connectivity index (χ2v) is 4.60. The number of nitrogens with one attached hydrogen (secondary N) is 1. The van der Waals surface area contributed by atoms with Gasteiger partial charge >= 0.3 is 5.69 Å². The number of H-pyrrole nitrogens is 1. The number of aryl methyl sites for hydroxylation is 1. The van der Waals surface area contributed by atoms with Crippen molar-refractivity contribution in [1.82, 2.24) is 14.8 Å². The highest BCUT2D eigenvalue weighted by Gasteiger charge is 2.07. The molecule has 86 valence electrons. The maximum atomic E-state index is 11.2. The minimum Gasteiger partial charge on any atom is -0.273 e. The van der Waals surface area contributed by atoms with Crippen LogP contribution in [0.25, 0.3) is 0 Å². The van der Waals surface area contributed by atoms with Crippen molar-refractivity contribution >= 4 is 11.8 Å². The van der Waals surface area contributed by atoms with Crippen molar-refractivity contribution in [2.45, 2.75) is 17.0 Å². The summed E-state index contributed by atoms with van der Waals surface area (Å²) in [5.41, 5.74) is 1.33. The summed E-state index contributed by atoms with van der Waals surface area (Å²) in [4.78, 5) is 12.1. The van der Waals surface area contributed by atoms with Gasteiger partial charge in [0.15, 0.2) is 5.16 Å². The van der Waals surface area contributed by atoms with Gasteiger partial charge in [0.05, 0.1) is 11.6 Å². The van der Waals surface area contributed by atoms with Gasteiger partial charge < -0.3 is 0 Å². The van der Waals surface area contributed by atoms with Crippen LogP contribution in [0.2, 0.25) is 0 Å². The Kier molecular flexibility index (Phi) is 3.02. The molecule has 0 saturated carbocycles. The molecule has 0 amide bonds. The summed E-state index contributed by atoms with van der Waals surface area (Å²) in [6, 6.07) is 7.63. The van der Waals surface area contributed by atoms with Gasteiger partial charge in [-0.1, -0.05) is 0 Å². The second kappa shape index (κ2) is 4.47. The number of benzene rings is 1. The molecule has 17 heavy (non-hydrogen) atoms. The second-order valence-electron chi connectivity index (χ2n) is 3.56. The summed E-state index contributed by atoms with van der Waals surface area (Å²) in [7, 11) is 1.66. The standard InChI is InChI=1S/C11H10N4OS/c1-7-5-9(4-3-8(7)6-12)17-11-14-13-10(16)15(11)2/h3-5H,1-2H3,(H,13,16). The molecule has 0 bridgehead atoms. The lowest BCUT2D eigenvalue weighted by Gasteiger charge is -2.02. The van der Waals surface area contributed by atoms with E-state index in [2.05, 4.69) is 16.3 Å². The highest BCUT2D eigenvalue weighted by molar-refractivity contribution is 7.99. The Bertz CT molecular complexity index is 650. The number of nitriles is 1. The van der Waals surface area contributed by atoms with Crippen LogP contribution in [0.4, 0.5) is 0 Å². The zero-order chi connectivity index (χ0) is 12.4. The SMILES string of the molecule is Cc1cc(Sc2n[nH]c(=O)n2C)ccc1C#N. The van der Waals surface area contributed by atoms with Crippen molar-refractivity contribution in [3.63, 3.8) is 0 Å². The Balaban J connectivity index is 2.32. The van der Waals surface area contributed by atoms with E-state index >= 15 is 0 Å². The van der Waals surface area contributed by atoms with E-state index in [0.29, 0.717) is 10.7 Å². The molecule has 1 heterocycles. The molecule has 6 heteroatoms. The van der Waals surface area contributed by atoms with E-state index in [0.717, 1.165) is 10.5 Å². The molecule has 1 N–H and O–H groups in total. The average Bonchev–Trinajstić information content (AvgIpc) is 2.61. The fourth-order valence-electron chi connectivity index (χ4n) is 1.35. The molecule has 2 rings (SSSR count). The lowest BCUT2D eigenvalue weighted by atomic mass is 10.1. The van der Waals surface area contributed by atoms with Crippen molar-refractivity contribution in [3.05, 3.63) is 39.8 Å². The fraction of sp³-hybridized carbons (Fsp3) is 0.182. The van der Waals surface area contributed by atoms with E-state index in [-0.39, 0.29) is 5.69 Å². The monoisotopic (exact) mass is 246 g/mol. The third-order valence-corrected chi connectivity index (χ3v) is 3.40. The van der Waals surface area contributed by atoms with Gasteiger partial charge in [-0.05, 0) is 42.4 Å². The molecular weight excluding hydrogens is 236 g/mol. The van der Waals surface area contributed by atoms with E-state index in [1.807, 2.05) is 19.1 Å². The van der Waals surface area contributed by atoms with Gasteiger partial charge in [-0.2, -0.15) is 5.26 Å². The summed E-state index contributed by atoms with van der Waals surface area (Å²) in [6.45, 7) is 1.88. The molecule has 1 aromatic carbocycles. The Labute approximate surface area is 102 Å². The Morgan fingerprint density at radius 3 is 2.82 bits per heavy atom. The lowest BCUT2D eigenvalue weighted by Crippen LogP contribution is -2.12. The average molecular weight is 246 g/mol. The van der Waals surface area contributed by atoms with Crippen LogP contribution in [0.15, 0.2) is 33.0 Å².